The Hall–Kier alpha value is -1.17. The number of nitrogens with one attached hydrogen (secondary N) is 1. The van der Waals surface area contributed by atoms with Gasteiger partial charge in [0.15, 0.2) is 0 Å². The van der Waals surface area contributed by atoms with Gasteiger partial charge in [-0.3, -0.25) is 4.79 Å². The second kappa shape index (κ2) is 6.94. The fourth-order valence-corrected chi connectivity index (χ4v) is 4.22. The van der Waals surface area contributed by atoms with Gasteiger partial charge >= 0.3 is 0 Å². The summed E-state index contributed by atoms with van der Waals surface area (Å²) in [6.07, 6.45) is 4.79. The molecule has 0 fully saturated rings. The number of rotatable bonds is 4. The maximum atomic E-state index is 11.2. The van der Waals surface area contributed by atoms with E-state index in [9.17, 15) is 4.79 Å². The van der Waals surface area contributed by atoms with Gasteiger partial charge in [-0.2, -0.15) is 0 Å². The summed E-state index contributed by atoms with van der Waals surface area (Å²) in [5.74, 6) is -0.354. The van der Waals surface area contributed by atoms with Gasteiger partial charge in [0.1, 0.15) is 0 Å². The van der Waals surface area contributed by atoms with Gasteiger partial charge < -0.3 is 11.1 Å². The lowest BCUT2D eigenvalue weighted by molar-refractivity contribution is 0.100. The van der Waals surface area contributed by atoms with E-state index in [2.05, 4.69) is 39.4 Å². The molecule has 116 valence electrons. The molecule has 22 heavy (non-hydrogen) atoms. The molecule has 0 saturated carbocycles. The quantitative estimate of drug-likeness (QED) is 0.784. The molecule has 0 bridgehead atoms. The summed E-state index contributed by atoms with van der Waals surface area (Å²) < 4.78 is 1.15. The van der Waals surface area contributed by atoms with Gasteiger partial charge in [0.25, 0.3) is 0 Å². The zero-order valence-electron chi connectivity index (χ0n) is 12.3. The third kappa shape index (κ3) is 3.59. The number of hydrogen-bond donors (Lipinski definition) is 2. The molecule has 3 nitrogen and oxygen atoms in total. The number of primary amides is 1. The molecule has 3 rings (SSSR count). The first kappa shape index (κ1) is 15.7. The largest absolute Gasteiger partial charge is 0.366 e. The molecule has 0 aliphatic heterocycles. The van der Waals surface area contributed by atoms with Crippen LogP contribution in [-0.4, -0.2) is 5.91 Å². The van der Waals surface area contributed by atoms with Crippen molar-refractivity contribution in [2.45, 2.75) is 38.3 Å². The van der Waals surface area contributed by atoms with E-state index in [4.69, 9.17) is 5.73 Å². The minimum Gasteiger partial charge on any atom is -0.366 e. The number of benzene rings is 1. The van der Waals surface area contributed by atoms with E-state index in [1.165, 1.54) is 24.0 Å². The number of hydrogen-bond acceptors (Lipinski definition) is 3. The molecule has 1 aliphatic carbocycles. The maximum Gasteiger partial charge on any atom is 0.249 e. The van der Waals surface area contributed by atoms with Crippen LogP contribution in [0.3, 0.4) is 0 Å². The molecule has 1 unspecified atom stereocenters. The third-order valence-corrected chi connectivity index (χ3v) is 5.56. The van der Waals surface area contributed by atoms with Crippen LogP contribution >= 0.6 is 27.3 Å². The molecular formula is C17H19BrN2OS. The number of thiophene rings is 1. The van der Waals surface area contributed by atoms with E-state index in [1.54, 1.807) is 11.3 Å². The first-order valence-electron chi connectivity index (χ1n) is 7.52. The van der Waals surface area contributed by atoms with Gasteiger partial charge in [-0.1, -0.05) is 28.4 Å². The Bertz CT molecular complexity index is 683. The predicted octanol–water partition coefficient (Wildman–Crippen LogP) is 4.17. The number of fused-ring (bicyclic) bond motifs is 1. The van der Waals surface area contributed by atoms with Crippen LogP contribution in [0.1, 0.15) is 51.7 Å². The predicted molar refractivity (Wildman–Crippen MR) is 94.1 cm³/mol. The van der Waals surface area contributed by atoms with E-state index in [-0.39, 0.29) is 5.91 Å². The minimum absolute atomic E-state index is 0.354. The number of carbonyl (C=O) groups is 1. The summed E-state index contributed by atoms with van der Waals surface area (Å²) in [4.78, 5) is 12.3. The summed E-state index contributed by atoms with van der Waals surface area (Å²) in [5.41, 5.74) is 8.76. The lowest BCUT2D eigenvalue weighted by Gasteiger charge is -2.19. The molecule has 0 radical (unpaired) electrons. The Kier molecular flexibility index (Phi) is 4.96. The smallest absolute Gasteiger partial charge is 0.249 e. The van der Waals surface area contributed by atoms with Crippen LogP contribution in [0, 0.1) is 0 Å². The highest BCUT2D eigenvalue weighted by Gasteiger charge is 2.18. The second-order valence-corrected chi connectivity index (χ2v) is 7.60. The Morgan fingerprint density at radius 3 is 3.00 bits per heavy atom. The number of aryl methyl sites for hydroxylation is 1. The molecule has 1 aliphatic rings. The molecule has 2 aromatic rings. The van der Waals surface area contributed by atoms with Crippen LogP contribution in [0.2, 0.25) is 0 Å². The van der Waals surface area contributed by atoms with Crippen molar-refractivity contribution >= 4 is 33.2 Å². The molecule has 1 aromatic heterocycles. The Labute approximate surface area is 143 Å². The molecule has 3 N–H and O–H groups in total. The van der Waals surface area contributed by atoms with Crippen LogP contribution in [0.4, 0.5) is 0 Å². The van der Waals surface area contributed by atoms with Crippen molar-refractivity contribution in [3.63, 3.8) is 0 Å². The van der Waals surface area contributed by atoms with E-state index in [1.807, 2.05) is 11.4 Å². The first-order chi connectivity index (χ1) is 10.6. The lowest BCUT2D eigenvalue weighted by Crippen LogP contribution is -2.20. The number of amides is 1. The van der Waals surface area contributed by atoms with E-state index < -0.39 is 0 Å². The number of nitrogens with two attached hydrogens (primary N) is 1. The average Bonchev–Trinajstić information content (AvgIpc) is 2.88. The lowest BCUT2D eigenvalue weighted by atomic mass is 9.99. The highest BCUT2D eigenvalue weighted by Crippen LogP contribution is 2.31. The Morgan fingerprint density at radius 2 is 2.23 bits per heavy atom. The van der Waals surface area contributed by atoms with Crippen LogP contribution < -0.4 is 11.1 Å². The molecule has 1 heterocycles. The fourth-order valence-electron chi connectivity index (χ4n) is 2.99. The minimum atomic E-state index is -0.354. The van der Waals surface area contributed by atoms with Gasteiger partial charge in [-0.05, 0) is 48.6 Å². The first-order valence-corrected chi connectivity index (χ1v) is 9.19. The third-order valence-electron chi connectivity index (χ3n) is 4.13. The Balaban J connectivity index is 1.73. The molecule has 0 saturated heterocycles. The van der Waals surface area contributed by atoms with Crippen LogP contribution in [-0.2, 0) is 13.0 Å². The summed E-state index contributed by atoms with van der Waals surface area (Å²) in [5, 5.41) is 5.48. The van der Waals surface area contributed by atoms with E-state index in [0.717, 1.165) is 28.7 Å². The van der Waals surface area contributed by atoms with Gasteiger partial charge in [0.2, 0.25) is 5.91 Å². The topological polar surface area (TPSA) is 55.1 Å². The number of carbonyl (C=O) groups excluding carboxylic acids is 1. The van der Waals surface area contributed by atoms with Gasteiger partial charge in [0.05, 0.1) is 5.56 Å². The molecule has 5 heteroatoms. The number of halogens is 1. The maximum absolute atomic E-state index is 11.2. The standard InChI is InChI=1S/C17H19BrN2OS/c18-13-5-6-15-11(7-13)3-1-2-4-16(15)20-9-14-8-12(10-22-14)17(19)21/h5-8,10,16,20H,1-4,9H2,(H2,19,21). The molecule has 0 spiro atoms. The normalized spacial score (nSPS) is 17.8. The molecule has 1 aromatic carbocycles. The zero-order valence-corrected chi connectivity index (χ0v) is 14.7. The van der Waals surface area contributed by atoms with Crippen molar-refractivity contribution in [1.29, 1.82) is 0 Å². The monoisotopic (exact) mass is 378 g/mol. The van der Waals surface area contributed by atoms with Crippen molar-refractivity contribution in [3.8, 4) is 0 Å². The van der Waals surface area contributed by atoms with E-state index >= 15 is 0 Å². The summed E-state index contributed by atoms with van der Waals surface area (Å²) in [6, 6.07) is 8.86. The zero-order chi connectivity index (χ0) is 15.5. The fraction of sp³-hybridized carbons (Fsp3) is 0.353. The van der Waals surface area contributed by atoms with Gasteiger partial charge in [-0.25, -0.2) is 0 Å². The van der Waals surface area contributed by atoms with Crippen molar-refractivity contribution in [1.82, 2.24) is 5.32 Å². The Morgan fingerprint density at radius 1 is 1.36 bits per heavy atom. The second-order valence-electron chi connectivity index (χ2n) is 5.69. The summed E-state index contributed by atoms with van der Waals surface area (Å²) in [7, 11) is 0. The molecular weight excluding hydrogens is 360 g/mol. The summed E-state index contributed by atoms with van der Waals surface area (Å²) >= 11 is 5.15. The summed E-state index contributed by atoms with van der Waals surface area (Å²) in [6.45, 7) is 0.776. The van der Waals surface area contributed by atoms with Crippen molar-refractivity contribution in [2.24, 2.45) is 5.73 Å². The van der Waals surface area contributed by atoms with E-state index in [0.29, 0.717) is 11.6 Å². The van der Waals surface area contributed by atoms with Crippen molar-refractivity contribution in [2.75, 3.05) is 0 Å². The van der Waals surface area contributed by atoms with Gasteiger partial charge in [0, 0.05) is 27.3 Å². The molecule has 1 amide bonds. The van der Waals surface area contributed by atoms with Crippen LogP contribution in [0.15, 0.2) is 34.1 Å². The highest BCUT2D eigenvalue weighted by molar-refractivity contribution is 9.10. The van der Waals surface area contributed by atoms with Crippen molar-refractivity contribution in [3.05, 3.63) is 55.7 Å². The van der Waals surface area contributed by atoms with Crippen molar-refractivity contribution < 1.29 is 4.79 Å². The average molecular weight is 379 g/mol. The SMILES string of the molecule is NC(=O)c1csc(CNC2CCCCc3cc(Br)ccc32)c1. The molecule has 1 atom stereocenters. The van der Waals surface area contributed by atoms with Gasteiger partial charge in [-0.15, -0.1) is 11.3 Å². The van der Waals surface area contributed by atoms with Crippen LogP contribution in [0.25, 0.3) is 0 Å². The van der Waals surface area contributed by atoms with Crippen LogP contribution in [0.5, 0.6) is 0 Å². The highest BCUT2D eigenvalue weighted by atomic mass is 79.9.